The molecule has 2 aromatic carbocycles. The molecule has 1 aliphatic rings. The molecular formula is C26H27N5O5. The number of carbonyl (C=O) groups excluding carboxylic acids is 3. The summed E-state index contributed by atoms with van der Waals surface area (Å²) in [6.45, 7) is 1.14. The Balaban J connectivity index is 1.58. The Labute approximate surface area is 208 Å². The van der Waals surface area contributed by atoms with Gasteiger partial charge in [0.2, 0.25) is 5.54 Å². The van der Waals surface area contributed by atoms with Gasteiger partial charge in [0.1, 0.15) is 5.75 Å². The predicted molar refractivity (Wildman–Crippen MR) is 134 cm³/mol. The predicted octanol–water partition coefficient (Wildman–Crippen LogP) is 1.28. The van der Waals surface area contributed by atoms with Gasteiger partial charge >= 0.3 is 6.03 Å². The largest absolute Gasteiger partial charge is 0.497 e. The number of ether oxygens (including phenoxy) is 1. The Morgan fingerprint density at radius 2 is 1.94 bits per heavy atom. The number of likely N-dealkylation sites (N-methyl/N-ethyl adjacent to an activating group) is 1. The SMILES string of the molecule is COc1ccc2cn(C[C@@]3(C#Cc4ccc(C(=O)NCCN(C)C)cc4)NC(=O)NC3=O)c(O)c2c1. The molecule has 1 saturated heterocycles. The molecule has 1 aliphatic heterocycles. The molecule has 10 nitrogen and oxygen atoms in total. The van der Waals surface area contributed by atoms with Crippen molar-refractivity contribution in [2.75, 3.05) is 34.3 Å². The van der Waals surface area contributed by atoms with E-state index in [1.54, 1.807) is 48.7 Å². The first kappa shape index (κ1) is 24.6. The van der Waals surface area contributed by atoms with Crippen LogP contribution in [0.15, 0.2) is 48.7 Å². The Kier molecular flexibility index (Phi) is 6.85. The number of carbonyl (C=O) groups is 3. The van der Waals surface area contributed by atoms with Gasteiger partial charge in [0.15, 0.2) is 5.88 Å². The molecule has 1 atom stereocenters. The second kappa shape index (κ2) is 10.0. The molecule has 0 aliphatic carbocycles. The summed E-state index contributed by atoms with van der Waals surface area (Å²) in [4.78, 5) is 39.1. The highest BCUT2D eigenvalue weighted by Gasteiger charge is 2.46. The number of imide groups is 1. The molecule has 3 aromatic rings. The average Bonchev–Trinajstić information content (AvgIpc) is 3.31. The van der Waals surface area contributed by atoms with Gasteiger partial charge in [-0.2, -0.15) is 0 Å². The molecule has 186 valence electrons. The van der Waals surface area contributed by atoms with E-state index in [0.717, 1.165) is 11.9 Å². The first-order chi connectivity index (χ1) is 17.2. The zero-order chi connectivity index (χ0) is 25.9. The highest BCUT2D eigenvalue weighted by atomic mass is 16.5. The van der Waals surface area contributed by atoms with E-state index in [1.807, 2.05) is 19.0 Å². The van der Waals surface area contributed by atoms with Gasteiger partial charge in [-0.25, -0.2) is 4.79 Å². The van der Waals surface area contributed by atoms with E-state index in [4.69, 9.17) is 4.74 Å². The lowest BCUT2D eigenvalue weighted by Crippen LogP contribution is -2.49. The normalized spacial score (nSPS) is 16.9. The van der Waals surface area contributed by atoms with Crippen LogP contribution in [0.2, 0.25) is 0 Å². The van der Waals surface area contributed by atoms with Crippen LogP contribution >= 0.6 is 0 Å². The third kappa shape index (κ3) is 5.11. The Bertz CT molecular complexity index is 1380. The van der Waals surface area contributed by atoms with Gasteiger partial charge in [0.05, 0.1) is 13.7 Å². The van der Waals surface area contributed by atoms with E-state index in [0.29, 0.717) is 28.8 Å². The van der Waals surface area contributed by atoms with E-state index in [-0.39, 0.29) is 18.3 Å². The van der Waals surface area contributed by atoms with Gasteiger partial charge < -0.3 is 29.9 Å². The summed E-state index contributed by atoms with van der Waals surface area (Å²) in [5.41, 5.74) is -0.560. The Morgan fingerprint density at radius 3 is 2.58 bits per heavy atom. The number of amides is 4. The fourth-order valence-electron chi connectivity index (χ4n) is 3.84. The summed E-state index contributed by atoms with van der Waals surface area (Å²) in [5.74, 6) is 5.47. The van der Waals surface area contributed by atoms with Crippen molar-refractivity contribution in [1.29, 1.82) is 0 Å². The third-order valence-electron chi connectivity index (χ3n) is 5.83. The summed E-state index contributed by atoms with van der Waals surface area (Å²) in [6.07, 6.45) is 1.68. The van der Waals surface area contributed by atoms with Gasteiger partial charge in [-0.3, -0.25) is 14.9 Å². The number of hydrogen-bond acceptors (Lipinski definition) is 6. The molecule has 1 aromatic heterocycles. The number of fused-ring (bicyclic) bond motifs is 1. The van der Waals surface area contributed by atoms with E-state index in [1.165, 1.54) is 11.7 Å². The summed E-state index contributed by atoms with van der Waals surface area (Å²) in [5, 5.41) is 19.7. The van der Waals surface area contributed by atoms with E-state index < -0.39 is 17.5 Å². The summed E-state index contributed by atoms with van der Waals surface area (Å²) in [6, 6.07) is 11.2. The van der Waals surface area contributed by atoms with Gasteiger partial charge in [0.25, 0.3) is 11.8 Å². The number of methoxy groups -OCH3 is 1. The maximum absolute atomic E-state index is 12.8. The van der Waals surface area contributed by atoms with Crippen LogP contribution in [0.25, 0.3) is 10.8 Å². The molecule has 4 rings (SSSR count). The molecule has 1 fully saturated rings. The number of benzene rings is 2. The maximum Gasteiger partial charge on any atom is 0.323 e. The van der Waals surface area contributed by atoms with Crippen molar-refractivity contribution in [3.05, 3.63) is 59.8 Å². The number of urea groups is 1. The number of rotatable bonds is 7. The topological polar surface area (TPSA) is 125 Å². The molecule has 4 amide bonds. The molecule has 0 unspecified atom stereocenters. The lowest BCUT2D eigenvalue weighted by atomic mass is 9.99. The van der Waals surface area contributed by atoms with Crippen molar-refractivity contribution in [1.82, 2.24) is 25.4 Å². The van der Waals surface area contributed by atoms with Crippen LogP contribution in [-0.2, 0) is 11.3 Å². The molecule has 36 heavy (non-hydrogen) atoms. The van der Waals surface area contributed by atoms with Crippen molar-refractivity contribution in [2.24, 2.45) is 0 Å². The smallest absolute Gasteiger partial charge is 0.323 e. The van der Waals surface area contributed by atoms with Crippen molar-refractivity contribution in [3.63, 3.8) is 0 Å². The molecule has 2 heterocycles. The minimum Gasteiger partial charge on any atom is -0.497 e. The second-order valence-electron chi connectivity index (χ2n) is 8.73. The second-order valence-corrected chi connectivity index (χ2v) is 8.73. The minimum absolute atomic E-state index is 0.0799. The van der Waals surface area contributed by atoms with Gasteiger partial charge in [0, 0.05) is 41.2 Å². The van der Waals surface area contributed by atoms with Crippen LogP contribution < -0.4 is 20.7 Å². The Morgan fingerprint density at radius 1 is 1.19 bits per heavy atom. The zero-order valence-electron chi connectivity index (χ0n) is 20.2. The molecule has 0 saturated carbocycles. The molecular weight excluding hydrogens is 462 g/mol. The standard InChI is InChI=1S/C26H27N5O5/c1-30(2)13-12-27-22(32)18-6-4-17(5-7-18)10-11-26(24(34)28-25(35)29-26)16-31-15-19-8-9-20(36-3)14-21(19)23(31)33/h4-9,14-15,33H,12-13,16H2,1-3H3,(H,27,32)(H2,28,29,34,35)/t26-/m1/s1. The van der Waals surface area contributed by atoms with Crippen LogP contribution in [-0.4, -0.2) is 72.3 Å². The van der Waals surface area contributed by atoms with E-state index in [2.05, 4.69) is 27.8 Å². The number of aromatic nitrogens is 1. The van der Waals surface area contributed by atoms with Crippen molar-refractivity contribution >= 4 is 28.6 Å². The summed E-state index contributed by atoms with van der Waals surface area (Å²) in [7, 11) is 5.38. The van der Waals surface area contributed by atoms with Crippen LogP contribution in [0, 0.1) is 11.8 Å². The van der Waals surface area contributed by atoms with Gasteiger partial charge in [-0.05, 0) is 56.6 Å². The fraction of sp³-hybridized carbons (Fsp3) is 0.269. The number of hydrogen-bond donors (Lipinski definition) is 4. The lowest BCUT2D eigenvalue weighted by molar-refractivity contribution is -0.122. The van der Waals surface area contributed by atoms with Crippen LogP contribution in [0.5, 0.6) is 11.6 Å². The lowest BCUT2D eigenvalue weighted by Gasteiger charge is -2.20. The van der Waals surface area contributed by atoms with Crippen molar-refractivity contribution < 1.29 is 24.2 Å². The number of nitrogens with zero attached hydrogens (tertiary/aromatic N) is 2. The summed E-state index contributed by atoms with van der Waals surface area (Å²) < 4.78 is 6.68. The van der Waals surface area contributed by atoms with E-state index >= 15 is 0 Å². The highest BCUT2D eigenvalue weighted by molar-refractivity contribution is 6.09. The quantitative estimate of drug-likeness (QED) is 0.293. The minimum atomic E-state index is -1.60. The van der Waals surface area contributed by atoms with Crippen LogP contribution in [0.1, 0.15) is 15.9 Å². The van der Waals surface area contributed by atoms with Crippen molar-refractivity contribution in [3.8, 4) is 23.5 Å². The average molecular weight is 490 g/mol. The first-order valence-electron chi connectivity index (χ1n) is 11.3. The Hall–Kier alpha value is -4.49. The van der Waals surface area contributed by atoms with Gasteiger partial charge in [-0.15, -0.1) is 0 Å². The first-order valence-corrected chi connectivity index (χ1v) is 11.3. The monoisotopic (exact) mass is 489 g/mol. The zero-order valence-corrected chi connectivity index (χ0v) is 20.2. The third-order valence-corrected chi connectivity index (χ3v) is 5.83. The molecule has 0 radical (unpaired) electrons. The van der Waals surface area contributed by atoms with Crippen LogP contribution in [0.4, 0.5) is 4.79 Å². The van der Waals surface area contributed by atoms with Crippen LogP contribution in [0.3, 0.4) is 0 Å². The molecule has 0 bridgehead atoms. The van der Waals surface area contributed by atoms with Gasteiger partial charge in [-0.1, -0.05) is 11.8 Å². The summed E-state index contributed by atoms with van der Waals surface area (Å²) >= 11 is 0. The molecule has 4 N–H and O–H groups in total. The van der Waals surface area contributed by atoms with E-state index in [9.17, 15) is 19.5 Å². The molecule has 0 spiro atoms. The highest BCUT2D eigenvalue weighted by Crippen LogP contribution is 2.32. The van der Waals surface area contributed by atoms with Crippen molar-refractivity contribution in [2.45, 2.75) is 12.1 Å². The maximum atomic E-state index is 12.8. The molecule has 10 heteroatoms. The number of aromatic hydroxyl groups is 1. The number of nitrogens with one attached hydrogen (secondary N) is 3. The fourth-order valence-corrected chi connectivity index (χ4v) is 3.84.